The summed E-state index contributed by atoms with van der Waals surface area (Å²) in [5.74, 6) is -0.643. The molecule has 1 N–H and O–H groups in total. The highest BCUT2D eigenvalue weighted by Crippen LogP contribution is 2.31. The fraction of sp³-hybridized carbons (Fsp3) is 0.316. The van der Waals surface area contributed by atoms with Crippen molar-refractivity contribution in [2.24, 2.45) is 0 Å². The highest BCUT2D eigenvalue weighted by Gasteiger charge is 2.30. The molecular formula is C19H19FN4O2. The van der Waals surface area contributed by atoms with Gasteiger partial charge in [-0.2, -0.15) is 0 Å². The van der Waals surface area contributed by atoms with Crippen molar-refractivity contribution in [1.82, 2.24) is 19.5 Å². The first kappa shape index (κ1) is 16.5. The molecule has 2 aromatic heterocycles. The number of aryl methyl sites for hydroxylation is 1. The number of piperidine rings is 1. The summed E-state index contributed by atoms with van der Waals surface area (Å²) < 4.78 is 14.5. The van der Waals surface area contributed by atoms with Gasteiger partial charge >= 0.3 is 0 Å². The quantitative estimate of drug-likeness (QED) is 0.769. The molecule has 1 saturated heterocycles. The van der Waals surface area contributed by atoms with Crippen LogP contribution in [0.5, 0.6) is 0 Å². The SMILES string of the molecule is Cc1cc2ncc(C(=O)N3CCCCC3c3ccc(F)cc3)c(=O)n2[nH]1. The standard InChI is InChI=1S/C19H19FN4O2/c1-12-10-17-21-11-15(19(26)24(17)22-12)18(25)23-9-3-2-4-16(23)13-5-7-14(20)8-6-13/h5-8,10-11,16,22H,2-4,9H2,1H3. The molecule has 1 amide bonds. The molecule has 0 spiro atoms. The maximum atomic E-state index is 13.2. The lowest BCUT2D eigenvalue weighted by atomic mass is 9.94. The van der Waals surface area contributed by atoms with E-state index in [9.17, 15) is 14.0 Å². The van der Waals surface area contributed by atoms with Crippen molar-refractivity contribution in [2.75, 3.05) is 6.54 Å². The van der Waals surface area contributed by atoms with E-state index >= 15 is 0 Å². The van der Waals surface area contributed by atoms with Gasteiger partial charge in [-0.25, -0.2) is 13.9 Å². The number of H-pyrrole nitrogens is 1. The van der Waals surface area contributed by atoms with Gasteiger partial charge in [-0.3, -0.25) is 14.7 Å². The van der Waals surface area contributed by atoms with Crippen LogP contribution in [0.2, 0.25) is 0 Å². The Morgan fingerprint density at radius 1 is 1.27 bits per heavy atom. The van der Waals surface area contributed by atoms with Gasteiger partial charge in [0.2, 0.25) is 0 Å². The van der Waals surface area contributed by atoms with Gasteiger partial charge in [0.15, 0.2) is 5.65 Å². The predicted molar refractivity (Wildman–Crippen MR) is 94.6 cm³/mol. The summed E-state index contributed by atoms with van der Waals surface area (Å²) in [4.78, 5) is 31.7. The molecule has 7 heteroatoms. The summed E-state index contributed by atoms with van der Waals surface area (Å²) >= 11 is 0. The Kier molecular flexibility index (Phi) is 4.06. The Hall–Kier alpha value is -2.96. The predicted octanol–water partition coefficient (Wildman–Crippen LogP) is 2.84. The number of amides is 1. The van der Waals surface area contributed by atoms with E-state index in [1.54, 1.807) is 23.1 Å². The van der Waals surface area contributed by atoms with Crippen LogP contribution in [0, 0.1) is 12.7 Å². The Balaban J connectivity index is 1.72. The number of aromatic amines is 1. The van der Waals surface area contributed by atoms with Crippen molar-refractivity contribution >= 4 is 11.6 Å². The first-order valence-electron chi connectivity index (χ1n) is 8.68. The Morgan fingerprint density at radius 2 is 2.04 bits per heavy atom. The van der Waals surface area contributed by atoms with Crippen LogP contribution in [0.25, 0.3) is 5.65 Å². The van der Waals surface area contributed by atoms with Gasteiger partial charge in [-0.15, -0.1) is 0 Å². The topological polar surface area (TPSA) is 70.5 Å². The van der Waals surface area contributed by atoms with Crippen LogP contribution in [0.15, 0.2) is 41.3 Å². The summed E-state index contributed by atoms with van der Waals surface area (Å²) in [6, 6.07) is 7.79. The molecule has 1 aliphatic rings. The van der Waals surface area contributed by atoms with E-state index in [0.29, 0.717) is 12.2 Å². The van der Waals surface area contributed by atoms with Crippen LogP contribution in [-0.2, 0) is 0 Å². The minimum absolute atomic E-state index is 0.0401. The number of hydrogen-bond donors (Lipinski definition) is 1. The number of nitrogens with one attached hydrogen (secondary N) is 1. The van der Waals surface area contributed by atoms with Crippen LogP contribution in [-0.4, -0.2) is 31.9 Å². The van der Waals surface area contributed by atoms with Crippen molar-refractivity contribution < 1.29 is 9.18 Å². The molecule has 26 heavy (non-hydrogen) atoms. The average molecular weight is 354 g/mol. The first-order chi connectivity index (χ1) is 12.5. The normalized spacial score (nSPS) is 17.6. The van der Waals surface area contributed by atoms with E-state index in [1.807, 2.05) is 6.92 Å². The van der Waals surface area contributed by atoms with E-state index in [-0.39, 0.29) is 23.3 Å². The fourth-order valence-electron chi connectivity index (χ4n) is 3.59. The van der Waals surface area contributed by atoms with Crippen molar-refractivity contribution in [3.63, 3.8) is 0 Å². The number of nitrogens with zero attached hydrogens (tertiary/aromatic N) is 3. The largest absolute Gasteiger partial charge is 0.331 e. The zero-order chi connectivity index (χ0) is 18.3. The van der Waals surface area contributed by atoms with E-state index in [2.05, 4.69) is 10.1 Å². The molecule has 1 aliphatic heterocycles. The third-order valence-corrected chi connectivity index (χ3v) is 4.87. The third-order valence-electron chi connectivity index (χ3n) is 4.87. The van der Waals surface area contributed by atoms with Crippen LogP contribution in [0.4, 0.5) is 4.39 Å². The van der Waals surface area contributed by atoms with Gasteiger partial charge in [-0.05, 0) is 43.9 Å². The molecular weight excluding hydrogens is 335 g/mol. The van der Waals surface area contributed by atoms with E-state index < -0.39 is 5.56 Å². The van der Waals surface area contributed by atoms with Crippen molar-refractivity contribution in [3.8, 4) is 0 Å². The third kappa shape index (κ3) is 2.79. The molecule has 0 saturated carbocycles. The lowest BCUT2D eigenvalue weighted by Gasteiger charge is -2.36. The molecule has 1 atom stereocenters. The van der Waals surface area contributed by atoms with Gasteiger partial charge in [0.05, 0.1) is 6.04 Å². The summed E-state index contributed by atoms with van der Waals surface area (Å²) in [6.45, 7) is 2.39. The Labute approximate surface area is 149 Å². The average Bonchev–Trinajstić information content (AvgIpc) is 3.04. The summed E-state index contributed by atoms with van der Waals surface area (Å²) in [5, 5.41) is 2.90. The molecule has 3 heterocycles. The smallest absolute Gasteiger partial charge is 0.285 e. The van der Waals surface area contributed by atoms with Crippen molar-refractivity contribution in [1.29, 1.82) is 0 Å². The lowest BCUT2D eigenvalue weighted by molar-refractivity contribution is 0.0609. The highest BCUT2D eigenvalue weighted by atomic mass is 19.1. The molecule has 4 rings (SSSR count). The van der Waals surface area contributed by atoms with Gasteiger partial charge in [0, 0.05) is 24.5 Å². The van der Waals surface area contributed by atoms with Crippen LogP contribution in [0.1, 0.15) is 46.9 Å². The van der Waals surface area contributed by atoms with Crippen LogP contribution < -0.4 is 5.56 Å². The second kappa shape index (κ2) is 6.40. The lowest BCUT2D eigenvalue weighted by Crippen LogP contribution is -2.41. The van der Waals surface area contributed by atoms with Crippen molar-refractivity contribution in [2.45, 2.75) is 32.2 Å². The number of fused-ring (bicyclic) bond motifs is 1. The second-order valence-electron chi connectivity index (χ2n) is 6.67. The van der Waals surface area contributed by atoms with Crippen molar-refractivity contribution in [3.05, 3.63) is 69.5 Å². The van der Waals surface area contributed by atoms with E-state index in [1.165, 1.54) is 22.8 Å². The highest BCUT2D eigenvalue weighted by molar-refractivity contribution is 5.94. The molecule has 0 bridgehead atoms. The Morgan fingerprint density at radius 3 is 2.81 bits per heavy atom. The molecule has 3 aromatic rings. The molecule has 1 fully saturated rings. The summed E-state index contributed by atoms with van der Waals surface area (Å²) in [7, 11) is 0. The number of aromatic nitrogens is 3. The minimum Gasteiger partial charge on any atom is -0.331 e. The monoisotopic (exact) mass is 354 g/mol. The zero-order valence-corrected chi connectivity index (χ0v) is 14.4. The second-order valence-corrected chi connectivity index (χ2v) is 6.67. The fourth-order valence-corrected chi connectivity index (χ4v) is 3.59. The number of hydrogen-bond acceptors (Lipinski definition) is 3. The van der Waals surface area contributed by atoms with E-state index in [0.717, 1.165) is 30.5 Å². The van der Waals surface area contributed by atoms with Gasteiger partial charge in [-0.1, -0.05) is 12.1 Å². The van der Waals surface area contributed by atoms with Gasteiger partial charge in [0.1, 0.15) is 11.4 Å². The van der Waals surface area contributed by atoms with Gasteiger partial charge < -0.3 is 4.90 Å². The number of halogens is 1. The zero-order valence-electron chi connectivity index (χ0n) is 14.4. The number of likely N-dealkylation sites (tertiary alicyclic amines) is 1. The Bertz CT molecular complexity index is 1020. The number of rotatable bonds is 2. The maximum Gasteiger partial charge on any atom is 0.285 e. The first-order valence-corrected chi connectivity index (χ1v) is 8.68. The molecule has 6 nitrogen and oxygen atoms in total. The molecule has 0 aliphatic carbocycles. The molecule has 0 radical (unpaired) electrons. The summed E-state index contributed by atoms with van der Waals surface area (Å²) in [6.07, 6.45) is 4.00. The van der Waals surface area contributed by atoms with Gasteiger partial charge in [0.25, 0.3) is 11.5 Å². The van der Waals surface area contributed by atoms with E-state index in [4.69, 9.17) is 0 Å². The molecule has 1 unspecified atom stereocenters. The molecule has 1 aromatic carbocycles. The number of carbonyl (C=O) groups is 1. The number of benzene rings is 1. The minimum atomic E-state index is -0.406. The molecule has 134 valence electrons. The summed E-state index contributed by atoms with van der Waals surface area (Å²) in [5.41, 5.74) is 1.79. The number of carbonyl (C=O) groups excluding carboxylic acids is 1. The maximum absolute atomic E-state index is 13.2. The van der Waals surface area contributed by atoms with Crippen LogP contribution >= 0.6 is 0 Å². The van der Waals surface area contributed by atoms with Crippen LogP contribution in [0.3, 0.4) is 0 Å².